The maximum absolute atomic E-state index is 14.5. The first-order valence-corrected chi connectivity index (χ1v) is 11.6. The van der Waals surface area contributed by atoms with E-state index >= 15 is 0 Å². The van der Waals surface area contributed by atoms with E-state index in [4.69, 9.17) is 28.0 Å². The van der Waals surface area contributed by atoms with E-state index in [2.05, 4.69) is 21.1 Å². The summed E-state index contributed by atoms with van der Waals surface area (Å²) in [6, 6.07) is 10.1. The Bertz CT molecular complexity index is 1490. The highest BCUT2D eigenvalue weighted by atomic mass is 35.5. The van der Waals surface area contributed by atoms with Gasteiger partial charge in [-0.15, -0.1) is 0 Å². The van der Waals surface area contributed by atoms with Gasteiger partial charge in [-0.1, -0.05) is 53.5 Å². The van der Waals surface area contributed by atoms with Gasteiger partial charge >= 0.3 is 12.4 Å². The van der Waals surface area contributed by atoms with Crippen LogP contribution in [0.4, 0.5) is 26.3 Å². The fourth-order valence-electron chi connectivity index (χ4n) is 4.01. The average Bonchev–Trinajstić information content (AvgIpc) is 3.33. The van der Waals surface area contributed by atoms with Crippen molar-refractivity contribution in [3.05, 3.63) is 99.3 Å². The number of hydroxylamine groups is 2. The summed E-state index contributed by atoms with van der Waals surface area (Å²) in [4.78, 5) is 22.3. The maximum atomic E-state index is 14.5. The Morgan fingerprint density at radius 3 is 2.36 bits per heavy atom. The molecule has 1 unspecified atom stereocenters. The average molecular weight is 592 g/mol. The molecule has 1 aliphatic heterocycles. The molecule has 0 saturated heterocycles. The lowest BCUT2D eigenvalue weighted by Gasteiger charge is -2.29. The predicted molar refractivity (Wildman–Crippen MR) is 132 cm³/mol. The minimum Gasteiger partial charge on any atom is -0.327 e. The van der Waals surface area contributed by atoms with E-state index in [1.165, 1.54) is 31.6 Å². The van der Waals surface area contributed by atoms with Crippen LogP contribution in [0.25, 0.3) is 16.5 Å². The third-order valence-electron chi connectivity index (χ3n) is 5.80. The molecule has 0 radical (unpaired) electrons. The van der Waals surface area contributed by atoms with E-state index in [1.807, 2.05) is 0 Å². The molecular formula is C25H17Cl2F6N3O3. The summed E-state index contributed by atoms with van der Waals surface area (Å²) >= 11 is 11.4. The molecule has 0 fully saturated rings. The highest BCUT2D eigenvalue weighted by Gasteiger charge is 2.60. The second-order valence-corrected chi connectivity index (χ2v) is 8.93. The summed E-state index contributed by atoms with van der Waals surface area (Å²) in [5.74, 6) is -0.517. The van der Waals surface area contributed by atoms with Gasteiger partial charge in [0.25, 0.3) is 5.91 Å². The van der Waals surface area contributed by atoms with Gasteiger partial charge in [-0.25, -0.2) is 0 Å². The van der Waals surface area contributed by atoms with Crippen molar-refractivity contribution in [1.82, 2.24) is 16.3 Å². The molecule has 3 aromatic carbocycles. The predicted octanol–water partition coefficient (Wildman–Crippen LogP) is 6.85. The van der Waals surface area contributed by atoms with Gasteiger partial charge in [0.05, 0.1) is 28.4 Å². The molecule has 0 aromatic heterocycles. The van der Waals surface area contributed by atoms with Crippen LogP contribution in [-0.2, 0) is 21.5 Å². The zero-order valence-corrected chi connectivity index (χ0v) is 21.1. The van der Waals surface area contributed by atoms with Crippen molar-refractivity contribution in [1.29, 1.82) is 0 Å². The smallest absolute Gasteiger partial charge is 0.327 e. The van der Waals surface area contributed by atoms with Crippen LogP contribution in [0.3, 0.4) is 0 Å². The number of carbonyl (C=O) groups is 1. The molecule has 6 nitrogen and oxygen atoms in total. The fraction of sp³-hybridized carbons (Fsp3) is 0.160. The number of fused-ring (bicyclic) bond motifs is 1. The standard InChI is InChI=1S/C25H17Cl2F6N3O3/c1-38-35-9-8-34-22(37)17-7-6-16(14-4-2-3-5-15(14)17)20-12-23(39-36-20,25(31,32)33)13-10-18(24(28,29)30)21(27)19(26)11-13/h2-12,35-36H,1H3,(H,34,37). The normalized spacial score (nSPS) is 17.8. The Morgan fingerprint density at radius 1 is 1.03 bits per heavy atom. The molecule has 1 amide bonds. The Balaban J connectivity index is 1.84. The lowest BCUT2D eigenvalue weighted by Crippen LogP contribution is -2.42. The molecule has 3 aromatic rings. The van der Waals surface area contributed by atoms with Crippen LogP contribution in [0.1, 0.15) is 27.0 Å². The zero-order chi connectivity index (χ0) is 28.6. The minimum absolute atomic E-state index is 0.195. The van der Waals surface area contributed by atoms with E-state index < -0.39 is 45.0 Å². The van der Waals surface area contributed by atoms with Gasteiger partial charge in [-0.2, -0.15) is 26.3 Å². The molecule has 1 heterocycles. The van der Waals surface area contributed by atoms with Crippen LogP contribution < -0.4 is 16.3 Å². The topological polar surface area (TPSA) is 71.6 Å². The zero-order valence-electron chi connectivity index (χ0n) is 19.6. The number of halogens is 8. The number of amides is 1. The summed E-state index contributed by atoms with van der Waals surface area (Å²) in [7, 11) is 1.37. The van der Waals surface area contributed by atoms with Gasteiger partial charge in [-0.05, 0) is 35.0 Å². The third kappa shape index (κ3) is 5.37. The van der Waals surface area contributed by atoms with Crippen molar-refractivity contribution in [2.24, 2.45) is 0 Å². The molecule has 1 atom stereocenters. The highest BCUT2D eigenvalue weighted by Crippen LogP contribution is 2.50. The molecule has 206 valence electrons. The van der Waals surface area contributed by atoms with Crippen LogP contribution in [0.15, 0.2) is 67.0 Å². The summed E-state index contributed by atoms with van der Waals surface area (Å²) in [5.41, 5.74) is -1.02. The van der Waals surface area contributed by atoms with Crippen LogP contribution in [0.2, 0.25) is 10.0 Å². The number of hydrogen-bond acceptors (Lipinski definition) is 5. The number of carbonyl (C=O) groups excluding carboxylic acids is 1. The Morgan fingerprint density at radius 2 is 1.72 bits per heavy atom. The van der Waals surface area contributed by atoms with Gasteiger partial charge < -0.3 is 5.32 Å². The molecule has 0 saturated carbocycles. The van der Waals surface area contributed by atoms with Crippen molar-refractivity contribution in [2.75, 3.05) is 7.11 Å². The first-order chi connectivity index (χ1) is 18.3. The van der Waals surface area contributed by atoms with Gasteiger partial charge in [0, 0.05) is 29.1 Å². The van der Waals surface area contributed by atoms with Crippen LogP contribution in [0, 0.1) is 0 Å². The fourth-order valence-corrected chi connectivity index (χ4v) is 4.45. The van der Waals surface area contributed by atoms with Crippen molar-refractivity contribution in [3.8, 4) is 0 Å². The summed E-state index contributed by atoms with van der Waals surface area (Å²) in [5, 5.41) is 1.61. The molecular weight excluding hydrogens is 575 g/mol. The number of rotatable bonds is 6. The van der Waals surface area contributed by atoms with E-state index in [-0.39, 0.29) is 22.9 Å². The van der Waals surface area contributed by atoms with Gasteiger partial charge in [0.1, 0.15) is 0 Å². The maximum Gasteiger partial charge on any atom is 0.428 e. The quantitative estimate of drug-likeness (QED) is 0.216. The van der Waals surface area contributed by atoms with Gasteiger partial charge in [0.2, 0.25) is 5.60 Å². The van der Waals surface area contributed by atoms with E-state index in [0.29, 0.717) is 22.9 Å². The third-order valence-corrected chi connectivity index (χ3v) is 6.60. The molecule has 1 aliphatic rings. The Hall–Kier alpha value is -3.45. The van der Waals surface area contributed by atoms with Crippen molar-refractivity contribution in [3.63, 3.8) is 0 Å². The monoisotopic (exact) mass is 591 g/mol. The van der Waals surface area contributed by atoms with Crippen LogP contribution >= 0.6 is 23.2 Å². The largest absolute Gasteiger partial charge is 0.428 e. The second-order valence-electron chi connectivity index (χ2n) is 8.15. The SMILES string of the molecule is CONC=CNC(=O)c1ccc(C2=CC(c3cc(Cl)c(Cl)c(C(F)(F)F)c3)(C(F)(F)F)ON2)c2ccccc12. The highest BCUT2D eigenvalue weighted by molar-refractivity contribution is 6.42. The molecule has 14 heteroatoms. The first-order valence-electron chi connectivity index (χ1n) is 10.9. The first kappa shape index (κ1) is 28.6. The Labute approximate surface area is 227 Å². The lowest BCUT2D eigenvalue weighted by atomic mass is 9.89. The van der Waals surface area contributed by atoms with E-state index in [1.54, 1.807) is 24.3 Å². The number of alkyl halides is 6. The second kappa shape index (κ2) is 10.6. The number of benzene rings is 3. The molecule has 39 heavy (non-hydrogen) atoms. The summed E-state index contributed by atoms with van der Waals surface area (Å²) in [6.07, 6.45) is -7.08. The van der Waals surface area contributed by atoms with E-state index in [0.717, 1.165) is 0 Å². The molecule has 3 N–H and O–H groups in total. The number of nitrogens with one attached hydrogen (secondary N) is 3. The van der Waals surface area contributed by atoms with Crippen LogP contribution in [0.5, 0.6) is 0 Å². The molecule has 0 bridgehead atoms. The molecule has 0 aliphatic carbocycles. The summed E-state index contributed by atoms with van der Waals surface area (Å²) in [6.45, 7) is 0. The van der Waals surface area contributed by atoms with Crippen molar-refractivity contribution < 1.29 is 40.8 Å². The minimum atomic E-state index is -5.22. The summed E-state index contributed by atoms with van der Waals surface area (Å²) < 4.78 is 83.9. The van der Waals surface area contributed by atoms with Gasteiger partial charge in [-0.3, -0.25) is 25.4 Å². The molecule has 0 spiro atoms. The Kier molecular flexibility index (Phi) is 7.77. The van der Waals surface area contributed by atoms with Crippen molar-refractivity contribution >= 4 is 45.6 Å². The van der Waals surface area contributed by atoms with Crippen LogP contribution in [-0.4, -0.2) is 19.2 Å². The molecule has 4 rings (SSSR count). The van der Waals surface area contributed by atoms with Crippen molar-refractivity contribution in [2.45, 2.75) is 18.0 Å². The van der Waals surface area contributed by atoms with Gasteiger partial charge in [0.15, 0.2) is 0 Å². The van der Waals surface area contributed by atoms with E-state index in [9.17, 15) is 31.1 Å². The number of hydrogen-bond donors (Lipinski definition) is 3. The lowest BCUT2D eigenvalue weighted by molar-refractivity contribution is -0.269.